The topological polar surface area (TPSA) is 90.1 Å². The van der Waals surface area contributed by atoms with E-state index in [9.17, 15) is 0 Å². The van der Waals surface area contributed by atoms with Crippen LogP contribution >= 0.6 is 0 Å². The number of rotatable bonds is 38. The van der Waals surface area contributed by atoms with E-state index in [4.69, 9.17) is 17.2 Å². The maximum Gasteiger partial charge on any atom is 0.0236 e. The minimum Gasteiger partial charge on any atom is -0.328 e. The van der Waals surface area contributed by atoms with Gasteiger partial charge in [-0.15, -0.1) is 0 Å². The van der Waals surface area contributed by atoms with Crippen LogP contribution in [0.1, 0.15) is 220 Å². The van der Waals surface area contributed by atoms with Gasteiger partial charge in [0.2, 0.25) is 0 Å². The summed E-state index contributed by atoms with van der Waals surface area (Å²) in [4.78, 5) is 0. The van der Waals surface area contributed by atoms with Crippen LogP contribution in [0, 0.1) is 5.92 Å². The number of unbranched alkanes of at least 4 members (excludes halogenated alkanes) is 24. The van der Waals surface area contributed by atoms with Gasteiger partial charge < -0.3 is 22.5 Å². The Labute approximate surface area is 303 Å². The fourth-order valence-corrected chi connectivity index (χ4v) is 6.98. The van der Waals surface area contributed by atoms with Crippen molar-refractivity contribution < 1.29 is 0 Å². The van der Waals surface area contributed by atoms with Crippen molar-refractivity contribution in [3.8, 4) is 0 Å². The molecule has 0 saturated carbocycles. The van der Waals surface area contributed by atoms with Gasteiger partial charge in [0, 0.05) is 24.2 Å². The van der Waals surface area contributed by atoms with E-state index in [-0.39, 0.29) is 24.2 Å². The van der Waals surface area contributed by atoms with Crippen molar-refractivity contribution in [2.75, 3.05) is 6.54 Å². The molecule has 4 nitrogen and oxygen atoms in total. The van der Waals surface area contributed by atoms with E-state index >= 15 is 0 Å². The van der Waals surface area contributed by atoms with Gasteiger partial charge in [0.05, 0.1) is 0 Å². The van der Waals surface area contributed by atoms with Crippen molar-refractivity contribution in [3.63, 3.8) is 0 Å². The molecule has 5 atom stereocenters. The summed E-state index contributed by atoms with van der Waals surface area (Å²) in [6.45, 7) is 9.96. The Hall–Kier alpha value is -0.680. The van der Waals surface area contributed by atoms with E-state index in [0.717, 1.165) is 19.4 Å². The molecule has 0 fully saturated rings. The summed E-state index contributed by atoms with van der Waals surface area (Å²) in [5.41, 5.74) is 19.8. The summed E-state index contributed by atoms with van der Waals surface area (Å²) in [5.74, 6) is 0.296. The van der Waals surface area contributed by atoms with Crippen LogP contribution in [0.5, 0.6) is 0 Å². The molecule has 0 bridgehead atoms. The molecule has 0 aromatic heterocycles. The third kappa shape index (κ3) is 32.5. The normalized spacial score (nSPS) is 15.4. The Morgan fingerprint density at radius 3 is 1.21 bits per heavy atom. The van der Waals surface area contributed by atoms with Gasteiger partial charge in [0.1, 0.15) is 0 Å². The molecule has 0 radical (unpaired) electrons. The molecule has 0 aliphatic heterocycles. The lowest BCUT2D eigenvalue weighted by atomic mass is 9.85. The zero-order valence-corrected chi connectivity index (χ0v) is 33.3. The van der Waals surface area contributed by atoms with Crippen molar-refractivity contribution in [1.82, 2.24) is 5.32 Å². The first kappa shape index (κ1) is 47.3. The summed E-state index contributed by atoms with van der Waals surface area (Å²) in [6.07, 6.45) is 49.2. The Morgan fingerprint density at radius 1 is 0.458 bits per heavy atom. The highest BCUT2D eigenvalue weighted by molar-refractivity contribution is 4.90. The van der Waals surface area contributed by atoms with E-state index in [1.807, 2.05) is 0 Å². The van der Waals surface area contributed by atoms with E-state index in [0.29, 0.717) is 5.92 Å². The Morgan fingerprint density at radius 2 is 0.812 bits per heavy atom. The fraction of sp³-hybridized carbons (Fsp3) is 0.909. The number of nitrogens with two attached hydrogens (primary N) is 3. The van der Waals surface area contributed by atoms with Crippen LogP contribution in [-0.2, 0) is 0 Å². The quantitative estimate of drug-likeness (QED) is 0.0387. The molecule has 7 N–H and O–H groups in total. The third-order valence-corrected chi connectivity index (χ3v) is 10.5. The van der Waals surface area contributed by atoms with Gasteiger partial charge in [-0.25, -0.2) is 0 Å². The number of hydrogen-bond acceptors (Lipinski definition) is 4. The van der Waals surface area contributed by atoms with Crippen molar-refractivity contribution in [2.24, 2.45) is 23.1 Å². The highest BCUT2D eigenvalue weighted by atomic mass is 15.0. The van der Waals surface area contributed by atoms with Crippen LogP contribution in [0.3, 0.4) is 0 Å². The van der Waals surface area contributed by atoms with Gasteiger partial charge in [-0.05, 0) is 90.0 Å². The van der Waals surface area contributed by atoms with Gasteiger partial charge in [-0.1, -0.05) is 167 Å². The first-order chi connectivity index (χ1) is 23.4. The zero-order chi connectivity index (χ0) is 35.3. The molecule has 0 spiro atoms. The number of allylic oxidation sites excluding steroid dienone is 4. The SMILES string of the molecule is CCCCCCCC/C=C\CCCCCCCCNC(CC(C)N)C(N)C(C)C(N)CCCCCCCC/C=C\CCCCCCCC. The highest BCUT2D eigenvalue weighted by Crippen LogP contribution is 2.18. The van der Waals surface area contributed by atoms with Gasteiger partial charge in [-0.3, -0.25) is 0 Å². The maximum atomic E-state index is 6.83. The van der Waals surface area contributed by atoms with E-state index in [1.54, 1.807) is 0 Å². The van der Waals surface area contributed by atoms with Crippen molar-refractivity contribution in [3.05, 3.63) is 24.3 Å². The molecule has 0 rings (SSSR count). The van der Waals surface area contributed by atoms with Crippen molar-refractivity contribution in [1.29, 1.82) is 0 Å². The van der Waals surface area contributed by atoms with Crippen LogP contribution in [0.4, 0.5) is 0 Å². The molecule has 5 unspecified atom stereocenters. The molecule has 0 saturated heterocycles. The molecule has 0 heterocycles. The monoisotopic (exact) mass is 675 g/mol. The zero-order valence-electron chi connectivity index (χ0n) is 33.3. The van der Waals surface area contributed by atoms with Gasteiger partial charge in [0.15, 0.2) is 0 Å². The molecule has 0 aliphatic carbocycles. The fourth-order valence-electron chi connectivity index (χ4n) is 6.98. The average molecular weight is 675 g/mol. The molecule has 0 aliphatic rings. The molecule has 4 heteroatoms. The predicted octanol–water partition coefficient (Wildman–Crippen LogP) is 12.4. The Bertz CT molecular complexity index is 675. The predicted molar refractivity (Wildman–Crippen MR) is 219 cm³/mol. The second kappa shape index (κ2) is 37.6. The first-order valence-corrected chi connectivity index (χ1v) is 21.7. The third-order valence-electron chi connectivity index (χ3n) is 10.5. The summed E-state index contributed by atoms with van der Waals surface area (Å²) in [7, 11) is 0. The minimum atomic E-state index is 0.0502. The second-order valence-corrected chi connectivity index (χ2v) is 15.5. The van der Waals surface area contributed by atoms with Crippen molar-refractivity contribution >= 4 is 0 Å². The summed E-state index contributed by atoms with van der Waals surface area (Å²) in [5, 5.41) is 3.79. The van der Waals surface area contributed by atoms with Crippen molar-refractivity contribution in [2.45, 2.75) is 244 Å². The van der Waals surface area contributed by atoms with E-state index in [1.165, 1.54) is 180 Å². The lowest BCUT2D eigenvalue weighted by Crippen LogP contribution is -2.54. The lowest BCUT2D eigenvalue weighted by molar-refractivity contribution is 0.273. The van der Waals surface area contributed by atoms with Gasteiger partial charge in [-0.2, -0.15) is 0 Å². The number of hydrogen-bond donors (Lipinski definition) is 4. The maximum absolute atomic E-state index is 6.83. The first-order valence-electron chi connectivity index (χ1n) is 21.7. The number of nitrogens with one attached hydrogen (secondary N) is 1. The molecular weight excluding hydrogens is 585 g/mol. The highest BCUT2D eigenvalue weighted by Gasteiger charge is 2.27. The molecule has 0 aromatic carbocycles. The molecule has 0 amide bonds. The molecule has 0 aromatic rings. The van der Waals surface area contributed by atoms with Crippen LogP contribution in [-0.4, -0.2) is 30.7 Å². The van der Waals surface area contributed by atoms with Gasteiger partial charge in [0.25, 0.3) is 0 Å². The van der Waals surface area contributed by atoms with Gasteiger partial charge >= 0.3 is 0 Å². The summed E-state index contributed by atoms with van der Waals surface area (Å²) in [6, 6.07) is 0.607. The molecule has 48 heavy (non-hydrogen) atoms. The average Bonchev–Trinajstić information content (AvgIpc) is 3.07. The second-order valence-electron chi connectivity index (χ2n) is 15.5. The largest absolute Gasteiger partial charge is 0.328 e. The standard InChI is InChI=1S/C44H90N4/c1-5-7-9-11-13-15-17-19-21-23-25-27-29-31-33-35-37-42(46)41(4)44(47)43(39-40(3)45)48-38-36-34-32-30-28-26-24-22-20-18-16-14-12-10-8-6-2/h19-22,40-44,48H,5-18,23-39,45-47H2,1-4H3/b21-19-,22-20-. The van der Waals surface area contributed by atoms with Crippen LogP contribution in [0.2, 0.25) is 0 Å². The summed E-state index contributed by atoms with van der Waals surface area (Å²) < 4.78 is 0. The Balaban J connectivity index is 3.89. The van der Waals surface area contributed by atoms with Crippen LogP contribution < -0.4 is 22.5 Å². The molecule has 286 valence electrons. The summed E-state index contributed by atoms with van der Waals surface area (Å²) >= 11 is 0. The smallest absolute Gasteiger partial charge is 0.0236 e. The van der Waals surface area contributed by atoms with E-state index in [2.05, 4.69) is 57.3 Å². The minimum absolute atomic E-state index is 0.0502. The molecular formula is C44H90N4. The van der Waals surface area contributed by atoms with Crippen LogP contribution in [0.25, 0.3) is 0 Å². The lowest BCUT2D eigenvalue weighted by Gasteiger charge is -2.34. The van der Waals surface area contributed by atoms with E-state index < -0.39 is 0 Å². The van der Waals surface area contributed by atoms with Crippen LogP contribution in [0.15, 0.2) is 24.3 Å². The Kier molecular flexibility index (Phi) is 37.0.